The molecule has 0 bridgehead atoms. The van der Waals surface area contributed by atoms with Crippen molar-refractivity contribution in [3.05, 3.63) is 84.6 Å². The molecule has 5 rings (SSSR count). The van der Waals surface area contributed by atoms with Crippen molar-refractivity contribution < 1.29 is 9.13 Å². The zero-order valence-electron chi connectivity index (χ0n) is 19.0. The van der Waals surface area contributed by atoms with Crippen molar-refractivity contribution in [3.8, 4) is 16.9 Å². The van der Waals surface area contributed by atoms with Gasteiger partial charge in [0.05, 0.1) is 36.6 Å². The van der Waals surface area contributed by atoms with E-state index < -0.39 is 5.82 Å². The average Bonchev–Trinajstić information content (AvgIpc) is 3.30. The number of halogens is 1. The van der Waals surface area contributed by atoms with Crippen LogP contribution in [0.2, 0.25) is 0 Å². The van der Waals surface area contributed by atoms with Gasteiger partial charge < -0.3 is 9.64 Å². The van der Waals surface area contributed by atoms with Crippen molar-refractivity contribution in [3.63, 3.8) is 0 Å². The third-order valence-electron chi connectivity index (χ3n) is 5.43. The van der Waals surface area contributed by atoms with Crippen molar-refractivity contribution >= 4 is 22.5 Å². The summed E-state index contributed by atoms with van der Waals surface area (Å²) in [5, 5.41) is 4.23. The molecule has 0 radical (unpaired) electrons. The average molecular weight is 455 g/mol. The van der Waals surface area contributed by atoms with Crippen LogP contribution in [-0.2, 0) is 13.6 Å². The Hall–Kier alpha value is -4.40. The first kappa shape index (κ1) is 21.4. The SMILES string of the molecule is COc1cc(C)cc(N(Cc2ncccn2)c2ccc3ncc(-c4cnn(C)c4)cc3n2)c1F. The Morgan fingerprint density at radius 2 is 1.82 bits per heavy atom. The lowest BCUT2D eigenvalue weighted by atomic mass is 10.1. The van der Waals surface area contributed by atoms with Crippen LogP contribution in [0.5, 0.6) is 5.75 Å². The standard InChI is InChI=1S/C25H22FN7O/c1-16-9-21(25(26)22(10-16)34-3)33(15-23-27-7-4-8-28-23)24-6-5-19-20(31-24)11-17(12-29-19)18-13-30-32(2)14-18/h4-14H,15H2,1-3H3. The van der Waals surface area contributed by atoms with Crippen LogP contribution in [-0.4, -0.2) is 36.8 Å². The molecule has 34 heavy (non-hydrogen) atoms. The number of nitrogens with zero attached hydrogens (tertiary/aromatic N) is 7. The second kappa shape index (κ2) is 8.86. The Balaban J connectivity index is 1.65. The molecule has 5 aromatic rings. The van der Waals surface area contributed by atoms with Crippen LogP contribution in [0.15, 0.2) is 67.4 Å². The van der Waals surface area contributed by atoms with E-state index in [0.29, 0.717) is 22.8 Å². The van der Waals surface area contributed by atoms with Gasteiger partial charge in [0.15, 0.2) is 11.6 Å². The van der Waals surface area contributed by atoms with E-state index in [9.17, 15) is 0 Å². The topological polar surface area (TPSA) is 81.9 Å². The van der Waals surface area contributed by atoms with Gasteiger partial charge in [0, 0.05) is 43.0 Å². The molecule has 0 aliphatic carbocycles. The Bertz CT molecular complexity index is 1470. The normalized spacial score (nSPS) is 11.1. The Morgan fingerprint density at radius 3 is 2.56 bits per heavy atom. The molecule has 4 heterocycles. The molecule has 0 fully saturated rings. The highest BCUT2D eigenvalue weighted by molar-refractivity contribution is 5.82. The van der Waals surface area contributed by atoms with Crippen LogP contribution in [0.3, 0.4) is 0 Å². The minimum Gasteiger partial charge on any atom is -0.494 e. The van der Waals surface area contributed by atoms with Crippen LogP contribution in [0, 0.1) is 12.7 Å². The number of aryl methyl sites for hydroxylation is 2. The lowest BCUT2D eigenvalue weighted by Gasteiger charge is -2.25. The summed E-state index contributed by atoms with van der Waals surface area (Å²) in [6, 6.07) is 10.8. The Morgan fingerprint density at radius 1 is 1.00 bits per heavy atom. The number of hydrogen-bond donors (Lipinski definition) is 0. The Kier molecular flexibility index (Phi) is 5.59. The quantitative estimate of drug-likeness (QED) is 0.370. The molecule has 0 aliphatic heterocycles. The second-order valence-corrected chi connectivity index (χ2v) is 7.89. The van der Waals surface area contributed by atoms with Crippen molar-refractivity contribution in [1.82, 2.24) is 29.7 Å². The van der Waals surface area contributed by atoms with Crippen LogP contribution < -0.4 is 9.64 Å². The number of benzene rings is 1. The van der Waals surface area contributed by atoms with Crippen LogP contribution in [0.25, 0.3) is 22.2 Å². The van der Waals surface area contributed by atoms with Gasteiger partial charge in [-0.05, 0) is 48.9 Å². The van der Waals surface area contributed by atoms with Gasteiger partial charge in [-0.2, -0.15) is 5.10 Å². The lowest BCUT2D eigenvalue weighted by molar-refractivity contribution is 0.386. The molecule has 0 N–H and O–H groups in total. The zero-order chi connectivity index (χ0) is 23.7. The summed E-state index contributed by atoms with van der Waals surface area (Å²) in [4.78, 5) is 19.8. The van der Waals surface area contributed by atoms with E-state index in [4.69, 9.17) is 9.72 Å². The van der Waals surface area contributed by atoms with E-state index in [2.05, 4.69) is 20.1 Å². The number of fused-ring (bicyclic) bond motifs is 1. The highest BCUT2D eigenvalue weighted by atomic mass is 19.1. The molecule has 1 aromatic carbocycles. The largest absolute Gasteiger partial charge is 0.494 e. The van der Waals surface area contributed by atoms with Crippen molar-refractivity contribution in [2.45, 2.75) is 13.5 Å². The maximum atomic E-state index is 15.4. The molecule has 0 amide bonds. The molecule has 4 aromatic heterocycles. The molecule has 170 valence electrons. The molecule has 0 saturated carbocycles. The third-order valence-corrected chi connectivity index (χ3v) is 5.43. The molecule has 8 nitrogen and oxygen atoms in total. The fourth-order valence-electron chi connectivity index (χ4n) is 3.78. The number of anilines is 2. The van der Waals surface area contributed by atoms with Gasteiger partial charge >= 0.3 is 0 Å². The van der Waals surface area contributed by atoms with Crippen LogP contribution in [0.1, 0.15) is 11.4 Å². The van der Waals surface area contributed by atoms with Crippen molar-refractivity contribution in [1.29, 1.82) is 0 Å². The summed E-state index contributed by atoms with van der Waals surface area (Å²) >= 11 is 0. The summed E-state index contributed by atoms with van der Waals surface area (Å²) in [6.07, 6.45) is 8.80. The molecule has 0 saturated heterocycles. The summed E-state index contributed by atoms with van der Waals surface area (Å²) < 4.78 is 22.4. The van der Waals surface area contributed by atoms with E-state index in [1.165, 1.54) is 7.11 Å². The maximum absolute atomic E-state index is 15.4. The van der Waals surface area contributed by atoms with Crippen LogP contribution in [0.4, 0.5) is 15.9 Å². The summed E-state index contributed by atoms with van der Waals surface area (Å²) in [6.45, 7) is 2.11. The van der Waals surface area contributed by atoms with Gasteiger partial charge in [0.2, 0.25) is 0 Å². The highest BCUT2D eigenvalue weighted by Crippen LogP contribution is 2.35. The lowest BCUT2D eigenvalue weighted by Crippen LogP contribution is -2.21. The van der Waals surface area contributed by atoms with Crippen molar-refractivity contribution in [2.24, 2.45) is 7.05 Å². The van der Waals surface area contributed by atoms with Gasteiger partial charge in [-0.25, -0.2) is 19.3 Å². The van der Waals surface area contributed by atoms with E-state index in [1.807, 2.05) is 38.4 Å². The van der Waals surface area contributed by atoms with Gasteiger partial charge in [0.25, 0.3) is 0 Å². The molecule has 0 atom stereocenters. The fraction of sp³-hybridized carbons (Fsp3) is 0.160. The van der Waals surface area contributed by atoms with Gasteiger partial charge in [-0.1, -0.05) is 0 Å². The van der Waals surface area contributed by atoms with Crippen LogP contribution >= 0.6 is 0 Å². The molecular weight excluding hydrogens is 433 g/mol. The van der Waals surface area contributed by atoms with Crippen molar-refractivity contribution in [2.75, 3.05) is 12.0 Å². The van der Waals surface area contributed by atoms with Gasteiger partial charge in [0.1, 0.15) is 11.6 Å². The molecule has 0 spiro atoms. The predicted molar refractivity (Wildman–Crippen MR) is 127 cm³/mol. The fourth-order valence-corrected chi connectivity index (χ4v) is 3.78. The summed E-state index contributed by atoms with van der Waals surface area (Å²) in [5.74, 6) is 0.756. The monoisotopic (exact) mass is 455 g/mol. The van der Waals surface area contributed by atoms with E-state index in [1.54, 1.807) is 52.6 Å². The first-order valence-electron chi connectivity index (χ1n) is 10.7. The molecule has 9 heteroatoms. The Labute approximate surface area is 195 Å². The van der Waals surface area contributed by atoms with Gasteiger partial charge in [-0.15, -0.1) is 0 Å². The number of rotatable bonds is 6. The number of aromatic nitrogens is 6. The maximum Gasteiger partial charge on any atom is 0.188 e. The number of pyridine rings is 2. The molecular formula is C25H22FN7O. The zero-order valence-corrected chi connectivity index (χ0v) is 19.0. The summed E-state index contributed by atoms with van der Waals surface area (Å²) in [5.41, 5.74) is 4.42. The van der Waals surface area contributed by atoms with Gasteiger partial charge in [-0.3, -0.25) is 9.67 Å². The number of hydrogen-bond acceptors (Lipinski definition) is 7. The minimum atomic E-state index is -0.479. The summed E-state index contributed by atoms with van der Waals surface area (Å²) in [7, 11) is 3.31. The van der Waals surface area contributed by atoms with E-state index in [0.717, 1.165) is 22.2 Å². The highest BCUT2D eigenvalue weighted by Gasteiger charge is 2.21. The number of ether oxygens (including phenoxy) is 1. The molecule has 0 unspecified atom stereocenters. The van der Waals surface area contributed by atoms with E-state index >= 15 is 4.39 Å². The predicted octanol–water partition coefficient (Wildman–Crippen LogP) is 4.61. The molecule has 0 aliphatic rings. The second-order valence-electron chi connectivity index (χ2n) is 7.89. The minimum absolute atomic E-state index is 0.162. The number of methoxy groups -OCH3 is 1. The first-order chi connectivity index (χ1) is 16.5. The van der Waals surface area contributed by atoms with E-state index in [-0.39, 0.29) is 12.3 Å². The third kappa shape index (κ3) is 4.15. The first-order valence-corrected chi connectivity index (χ1v) is 10.7. The smallest absolute Gasteiger partial charge is 0.188 e.